The number of amides is 1. The molecule has 1 aromatic heterocycles. The quantitative estimate of drug-likeness (QED) is 0.832. The number of nitrogens with one attached hydrogen (secondary N) is 1. The normalized spacial score (nSPS) is 10.4. The van der Waals surface area contributed by atoms with E-state index in [1.54, 1.807) is 12.3 Å². The molecule has 0 fully saturated rings. The third-order valence-corrected chi connectivity index (χ3v) is 2.88. The van der Waals surface area contributed by atoms with E-state index in [1.807, 2.05) is 6.07 Å². The largest absolute Gasteiger partial charge is 0.313 e. The van der Waals surface area contributed by atoms with Crippen LogP contribution in [-0.4, -0.2) is 11.4 Å². The maximum atomic E-state index is 10.3. The number of benzene rings is 1. The molecular formula is C15H16N2O. The van der Waals surface area contributed by atoms with Crippen LogP contribution in [0, 0.1) is 0 Å². The fraction of sp³-hybridized carbons (Fsp3) is 0.200. The van der Waals surface area contributed by atoms with Gasteiger partial charge in [-0.3, -0.25) is 4.79 Å². The molecule has 1 N–H and O–H groups in total. The molecule has 1 amide bonds. The molecule has 18 heavy (non-hydrogen) atoms. The van der Waals surface area contributed by atoms with Crippen LogP contribution in [0.15, 0.2) is 42.6 Å². The number of carbonyl (C=O) groups excluding carboxylic acids is 1. The van der Waals surface area contributed by atoms with Crippen LogP contribution >= 0.6 is 0 Å². The molecule has 0 aliphatic carbocycles. The Labute approximate surface area is 107 Å². The lowest BCUT2D eigenvalue weighted by Gasteiger charge is -2.07. The minimum absolute atomic E-state index is 0.538. The summed E-state index contributed by atoms with van der Waals surface area (Å²) in [6.45, 7) is 4.35. The number of rotatable bonds is 4. The van der Waals surface area contributed by atoms with Crippen molar-refractivity contribution in [3.05, 3.63) is 48.2 Å². The zero-order chi connectivity index (χ0) is 13.0. The van der Waals surface area contributed by atoms with Crippen molar-refractivity contribution >= 4 is 12.2 Å². The molecular weight excluding hydrogens is 224 g/mol. The molecule has 3 heteroatoms. The Kier molecular flexibility index (Phi) is 3.72. The van der Waals surface area contributed by atoms with Crippen molar-refractivity contribution in [2.75, 3.05) is 5.32 Å². The molecule has 0 aliphatic heterocycles. The predicted molar refractivity (Wildman–Crippen MR) is 73.4 cm³/mol. The molecule has 0 bridgehead atoms. The average molecular weight is 240 g/mol. The van der Waals surface area contributed by atoms with Gasteiger partial charge in [-0.15, -0.1) is 0 Å². The second-order valence-electron chi connectivity index (χ2n) is 4.47. The van der Waals surface area contributed by atoms with Crippen LogP contribution in [-0.2, 0) is 4.79 Å². The lowest BCUT2D eigenvalue weighted by molar-refractivity contribution is -0.105. The van der Waals surface area contributed by atoms with Crippen LogP contribution < -0.4 is 5.32 Å². The van der Waals surface area contributed by atoms with Crippen LogP contribution in [0.4, 0.5) is 5.82 Å². The average Bonchev–Trinajstić information content (AvgIpc) is 2.40. The van der Waals surface area contributed by atoms with Crippen LogP contribution in [0.1, 0.15) is 25.3 Å². The van der Waals surface area contributed by atoms with E-state index in [4.69, 9.17) is 0 Å². The molecule has 0 saturated heterocycles. The van der Waals surface area contributed by atoms with Crippen molar-refractivity contribution in [3.63, 3.8) is 0 Å². The van der Waals surface area contributed by atoms with Gasteiger partial charge >= 0.3 is 0 Å². The monoisotopic (exact) mass is 240 g/mol. The summed E-state index contributed by atoms with van der Waals surface area (Å²) in [6.07, 6.45) is 2.38. The van der Waals surface area contributed by atoms with Crippen LogP contribution in [0.3, 0.4) is 0 Å². The van der Waals surface area contributed by atoms with Gasteiger partial charge < -0.3 is 5.32 Å². The topological polar surface area (TPSA) is 42.0 Å². The molecule has 0 aliphatic rings. The van der Waals surface area contributed by atoms with E-state index in [2.05, 4.69) is 48.4 Å². The van der Waals surface area contributed by atoms with Gasteiger partial charge in [-0.2, -0.15) is 0 Å². The summed E-state index contributed by atoms with van der Waals surface area (Å²) in [5.41, 5.74) is 3.50. The van der Waals surface area contributed by atoms with E-state index in [1.165, 1.54) is 5.56 Å². The fourth-order valence-corrected chi connectivity index (χ4v) is 1.77. The number of anilines is 1. The summed E-state index contributed by atoms with van der Waals surface area (Å²) < 4.78 is 0. The SMILES string of the molecule is CC(C)c1ccc(-c2ccc(NC=O)nc2)cc1. The summed E-state index contributed by atoms with van der Waals surface area (Å²) in [6, 6.07) is 12.2. The van der Waals surface area contributed by atoms with E-state index in [9.17, 15) is 4.79 Å². The third kappa shape index (κ3) is 2.74. The third-order valence-electron chi connectivity index (χ3n) is 2.88. The number of aromatic nitrogens is 1. The maximum Gasteiger partial charge on any atom is 0.212 e. The van der Waals surface area contributed by atoms with Gasteiger partial charge in [0.15, 0.2) is 0 Å². The summed E-state index contributed by atoms with van der Waals surface area (Å²) in [5, 5.41) is 2.52. The highest BCUT2D eigenvalue weighted by molar-refractivity contribution is 5.70. The molecule has 1 aromatic carbocycles. The molecule has 1 heterocycles. The van der Waals surface area contributed by atoms with Crippen molar-refractivity contribution in [1.82, 2.24) is 4.98 Å². The van der Waals surface area contributed by atoms with Gasteiger partial charge in [0.25, 0.3) is 0 Å². The lowest BCUT2D eigenvalue weighted by atomic mass is 9.99. The minimum atomic E-state index is 0.538. The van der Waals surface area contributed by atoms with Crippen molar-refractivity contribution in [3.8, 4) is 11.1 Å². The summed E-state index contributed by atoms with van der Waals surface area (Å²) in [4.78, 5) is 14.4. The van der Waals surface area contributed by atoms with E-state index >= 15 is 0 Å². The molecule has 3 nitrogen and oxygen atoms in total. The molecule has 0 atom stereocenters. The second-order valence-corrected chi connectivity index (χ2v) is 4.47. The number of nitrogens with zero attached hydrogens (tertiary/aromatic N) is 1. The van der Waals surface area contributed by atoms with Gasteiger partial charge in [-0.05, 0) is 29.2 Å². The highest BCUT2D eigenvalue weighted by Crippen LogP contribution is 2.22. The van der Waals surface area contributed by atoms with Crippen molar-refractivity contribution in [1.29, 1.82) is 0 Å². The van der Waals surface area contributed by atoms with E-state index in [0.717, 1.165) is 11.1 Å². The number of pyridine rings is 1. The molecule has 0 unspecified atom stereocenters. The zero-order valence-corrected chi connectivity index (χ0v) is 10.6. The minimum Gasteiger partial charge on any atom is -0.313 e. The molecule has 2 aromatic rings. The second kappa shape index (κ2) is 5.45. The molecule has 92 valence electrons. The van der Waals surface area contributed by atoms with Gasteiger partial charge in [-0.1, -0.05) is 38.1 Å². The molecule has 0 spiro atoms. The van der Waals surface area contributed by atoms with Crippen LogP contribution in [0.2, 0.25) is 0 Å². The maximum absolute atomic E-state index is 10.3. The Morgan fingerprint density at radius 2 is 1.72 bits per heavy atom. The Bertz CT molecular complexity index is 515. The van der Waals surface area contributed by atoms with Crippen molar-refractivity contribution < 1.29 is 4.79 Å². The molecule has 0 saturated carbocycles. The van der Waals surface area contributed by atoms with Crippen molar-refractivity contribution in [2.24, 2.45) is 0 Å². The first-order valence-electron chi connectivity index (χ1n) is 5.97. The smallest absolute Gasteiger partial charge is 0.212 e. The highest BCUT2D eigenvalue weighted by Gasteiger charge is 2.01. The zero-order valence-electron chi connectivity index (χ0n) is 10.6. The Hall–Kier alpha value is -2.16. The summed E-state index contributed by atoms with van der Waals surface area (Å²) >= 11 is 0. The van der Waals surface area contributed by atoms with E-state index < -0.39 is 0 Å². The first-order valence-corrected chi connectivity index (χ1v) is 5.97. The fourth-order valence-electron chi connectivity index (χ4n) is 1.77. The summed E-state index contributed by atoms with van der Waals surface area (Å²) in [7, 11) is 0. The standard InChI is InChI=1S/C15H16N2O/c1-11(2)12-3-5-13(6-4-12)14-7-8-15(16-9-14)17-10-18/h3-11H,1-2H3,(H,16,17,18). The van der Waals surface area contributed by atoms with Crippen LogP contribution in [0.5, 0.6) is 0 Å². The van der Waals surface area contributed by atoms with Crippen LogP contribution in [0.25, 0.3) is 11.1 Å². The highest BCUT2D eigenvalue weighted by atomic mass is 16.1. The Morgan fingerprint density at radius 3 is 2.22 bits per heavy atom. The molecule has 0 radical (unpaired) electrons. The number of hydrogen-bond acceptors (Lipinski definition) is 2. The first-order chi connectivity index (χ1) is 8.70. The van der Waals surface area contributed by atoms with Gasteiger partial charge in [-0.25, -0.2) is 4.98 Å². The van der Waals surface area contributed by atoms with E-state index in [0.29, 0.717) is 18.1 Å². The summed E-state index contributed by atoms with van der Waals surface area (Å²) in [5.74, 6) is 1.10. The Morgan fingerprint density at radius 1 is 1.06 bits per heavy atom. The van der Waals surface area contributed by atoms with Gasteiger partial charge in [0.2, 0.25) is 6.41 Å². The number of hydrogen-bond donors (Lipinski definition) is 1. The van der Waals surface area contributed by atoms with E-state index in [-0.39, 0.29) is 0 Å². The number of carbonyl (C=O) groups is 1. The van der Waals surface area contributed by atoms with Gasteiger partial charge in [0.05, 0.1) is 0 Å². The van der Waals surface area contributed by atoms with Crippen molar-refractivity contribution in [2.45, 2.75) is 19.8 Å². The van der Waals surface area contributed by atoms with Gasteiger partial charge in [0, 0.05) is 11.8 Å². The lowest BCUT2D eigenvalue weighted by Crippen LogP contribution is -1.96. The first kappa shape index (κ1) is 12.3. The predicted octanol–water partition coefficient (Wildman–Crippen LogP) is 3.44. The molecule has 2 rings (SSSR count). The van der Waals surface area contributed by atoms with Gasteiger partial charge in [0.1, 0.15) is 5.82 Å². The Balaban J connectivity index is 2.22.